The third-order valence-corrected chi connectivity index (χ3v) is 2.49. The van der Waals surface area contributed by atoms with Gasteiger partial charge in [-0.2, -0.15) is 0 Å². The topological polar surface area (TPSA) is 84.2 Å². The van der Waals surface area contributed by atoms with Crippen LogP contribution in [0.25, 0.3) is 0 Å². The van der Waals surface area contributed by atoms with Crippen LogP contribution in [-0.2, 0) is 9.59 Å². The van der Waals surface area contributed by atoms with E-state index in [0.717, 1.165) is 12.8 Å². The van der Waals surface area contributed by atoms with Crippen molar-refractivity contribution < 1.29 is 9.59 Å². The Labute approximate surface area is 110 Å². The lowest BCUT2D eigenvalue weighted by atomic mass is 10.1. The van der Waals surface area contributed by atoms with Crippen LogP contribution in [0.2, 0.25) is 0 Å². The molecular weight excluding hydrogens is 230 g/mol. The number of amides is 2. The van der Waals surface area contributed by atoms with E-state index < -0.39 is 0 Å². The Morgan fingerprint density at radius 1 is 1.17 bits per heavy atom. The van der Waals surface area contributed by atoms with Gasteiger partial charge in [0, 0.05) is 32.0 Å². The maximum absolute atomic E-state index is 11.5. The summed E-state index contributed by atoms with van der Waals surface area (Å²) in [7, 11) is 0. The Kier molecular flexibility index (Phi) is 9.28. The first-order valence-corrected chi connectivity index (χ1v) is 6.74. The van der Waals surface area contributed by atoms with Crippen LogP contribution in [0.5, 0.6) is 0 Å². The maximum Gasteiger partial charge on any atom is 0.221 e. The van der Waals surface area contributed by atoms with Gasteiger partial charge in [-0.15, -0.1) is 0 Å². The zero-order valence-corrected chi connectivity index (χ0v) is 11.8. The molecule has 0 radical (unpaired) electrons. The van der Waals surface area contributed by atoms with Crippen LogP contribution in [-0.4, -0.2) is 30.9 Å². The molecule has 0 aliphatic rings. The minimum atomic E-state index is -0.0789. The highest BCUT2D eigenvalue weighted by Gasteiger charge is 2.09. The molecule has 1 unspecified atom stereocenters. The summed E-state index contributed by atoms with van der Waals surface area (Å²) in [6.45, 7) is 7.17. The minimum absolute atomic E-state index is 0.0261. The monoisotopic (exact) mass is 257 g/mol. The van der Waals surface area contributed by atoms with Gasteiger partial charge < -0.3 is 16.4 Å². The second-order valence-corrected chi connectivity index (χ2v) is 5.05. The molecule has 0 fully saturated rings. The molecule has 1 atom stereocenters. The van der Waals surface area contributed by atoms with Gasteiger partial charge in [0.15, 0.2) is 0 Å². The van der Waals surface area contributed by atoms with E-state index >= 15 is 0 Å². The summed E-state index contributed by atoms with van der Waals surface area (Å²) >= 11 is 0. The van der Waals surface area contributed by atoms with Gasteiger partial charge >= 0.3 is 0 Å². The molecule has 0 heterocycles. The lowest BCUT2D eigenvalue weighted by Gasteiger charge is -2.11. The quantitative estimate of drug-likeness (QED) is 0.571. The van der Waals surface area contributed by atoms with Gasteiger partial charge in [-0.1, -0.05) is 27.2 Å². The molecule has 5 heteroatoms. The second kappa shape index (κ2) is 9.88. The molecule has 0 rings (SSSR count). The van der Waals surface area contributed by atoms with E-state index in [-0.39, 0.29) is 17.9 Å². The van der Waals surface area contributed by atoms with Crippen LogP contribution in [0.15, 0.2) is 0 Å². The Hall–Kier alpha value is -1.10. The average Bonchev–Trinajstić information content (AvgIpc) is 2.26. The number of carbonyl (C=O) groups is 2. The van der Waals surface area contributed by atoms with E-state index in [9.17, 15) is 9.59 Å². The number of rotatable bonds is 9. The van der Waals surface area contributed by atoms with E-state index in [1.165, 1.54) is 0 Å². The molecular formula is C13H27N3O2. The molecule has 0 aromatic heterocycles. The molecule has 106 valence electrons. The molecule has 2 amide bonds. The van der Waals surface area contributed by atoms with E-state index in [2.05, 4.69) is 10.6 Å². The van der Waals surface area contributed by atoms with Crippen molar-refractivity contribution in [2.45, 2.75) is 52.5 Å². The van der Waals surface area contributed by atoms with Gasteiger partial charge in [-0.05, 0) is 12.3 Å². The van der Waals surface area contributed by atoms with Crippen LogP contribution >= 0.6 is 0 Å². The van der Waals surface area contributed by atoms with Crippen LogP contribution in [0.3, 0.4) is 0 Å². The van der Waals surface area contributed by atoms with E-state index in [1.54, 1.807) is 0 Å². The van der Waals surface area contributed by atoms with Gasteiger partial charge in [0.1, 0.15) is 0 Å². The minimum Gasteiger partial charge on any atom is -0.356 e. The van der Waals surface area contributed by atoms with Gasteiger partial charge in [-0.3, -0.25) is 9.59 Å². The number of carbonyl (C=O) groups excluding carboxylic acids is 2. The van der Waals surface area contributed by atoms with Crippen molar-refractivity contribution in [3.05, 3.63) is 0 Å². The van der Waals surface area contributed by atoms with Gasteiger partial charge in [-0.25, -0.2) is 0 Å². The summed E-state index contributed by atoms with van der Waals surface area (Å²) < 4.78 is 0. The number of nitrogens with one attached hydrogen (secondary N) is 2. The van der Waals surface area contributed by atoms with Crippen molar-refractivity contribution in [3.63, 3.8) is 0 Å². The first-order valence-electron chi connectivity index (χ1n) is 6.74. The fourth-order valence-electron chi connectivity index (χ4n) is 1.50. The number of hydrogen-bond donors (Lipinski definition) is 3. The molecule has 5 nitrogen and oxygen atoms in total. The highest BCUT2D eigenvalue weighted by molar-refractivity contribution is 5.79. The fourth-order valence-corrected chi connectivity index (χ4v) is 1.50. The molecule has 0 aromatic carbocycles. The van der Waals surface area contributed by atoms with Crippen molar-refractivity contribution in [1.29, 1.82) is 0 Å². The Balaban J connectivity index is 3.58. The summed E-state index contributed by atoms with van der Waals surface area (Å²) in [5.74, 6) is 0.338. The lowest BCUT2D eigenvalue weighted by Crippen LogP contribution is -2.35. The summed E-state index contributed by atoms with van der Waals surface area (Å²) in [6.07, 6.45) is 2.48. The predicted octanol–water partition coefficient (Wildman–Crippen LogP) is 0.782. The maximum atomic E-state index is 11.5. The molecule has 0 aromatic rings. The van der Waals surface area contributed by atoms with Crippen molar-refractivity contribution in [3.8, 4) is 0 Å². The van der Waals surface area contributed by atoms with Crippen LogP contribution in [0.1, 0.15) is 46.5 Å². The van der Waals surface area contributed by atoms with Crippen LogP contribution in [0.4, 0.5) is 0 Å². The summed E-state index contributed by atoms with van der Waals surface area (Å²) in [5, 5.41) is 5.51. The Morgan fingerprint density at radius 3 is 2.39 bits per heavy atom. The highest BCUT2D eigenvalue weighted by Crippen LogP contribution is 1.97. The SMILES string of the molecule is CCCC(N)CC(=O)NCCC(=O)NCC(C)C. The van der Waals surface area contributed by atoms with Gasteiger partial charge in [0.2, 0.25) is 11.8 Å². The van der Waals surface area contributed by atoms with Crippen molar-refractivity contribution in [1.82, 2.24) is 10.6 Å². The largest absolute Gasteiger partial charge is 0.356 e. The van der Waals surface area contributed by atoms with Gasteiger partial charge in [0.05, 0.1) is 0 Å². The first kappa shape index (κ1) is 16.9. The average molecular weight is 257 g/mol. The zero-order valence-electron chi connectivity index (χ0n) is 11.8. The standard InChI is InChI=1S/C13H27N3O2/c1-4-5-11(14)8-13(18)15-7-6-12(17)16-9-10(2)3/h10-11H,4-9,14H2,1-3H3,(H,15,18)(H,16,17). The molecule has 0 aliphatic heterocycles. The molecule has 18 heavy (non-hydrogen) atoms. The first-order chi connectivity index (χ1) is 8.45. The lowest BCUT2D eigenvalue weighted by molar-refractivity contribution is -0.122. The zero-order chi connectivity index (χ0) is 14.0. The summed E-state index contributed by atoms with van der Waals surface area (Å²) in [4.78, 5) is 22.8. The number of hydrogen-bond acceptors (Lipinski definition) is 3. The molecule has 4 N–H and O–H groups in total. The Morgan fingerprint density at radius 2 is 1.83 bits per heavy atom. The van der Waals surface area contributed by atoms with E-state index in [4.69, 9.17) is 5.73 Å². The van der Waals surface area contributed by atoms with E-state index in [0.29, 0.717) is 31.8 Å². The second-order valence-electron chi connectivity index (χ2n) is 5.05. The van der Waals surface area contributed by atoms with Crippen LogP contribution in [0, 0.1) is 5.92 Å². The predicted molar refractivity (Wildman–Crippen MR) is 73.0 cm³/mol. The molecule has 0 bridgehead atoms. The van der Waals surface area contributed by atoms with Crippen molar-refractivity contribution in [2.24, 2.45) is 11.7 Å². The molecule has 0 spiro atoms. The third kappa shape index (κ3) is 10.1. The summed E-state index contributed by atoms with van der Waals surface area (Å²) in [5.41, 5.74) is 5.76. The number of nitrogens with two attached hydrogens (primary N) is 1. The highest BCUT2D eigenvalue weighted by atomic mass is 16.2. The Bertz CT molecular complexity index is 255. The molecule has 0 aliphatic carbocycles. The molecule has 0 saturated heterocycles. The van der Waals surface area contributed by atoms with Crippen molar-refractivity contribution >= 4 is 11.8 Å². The molecule has 0 saturated carbocycles. The van der Waals surface area contributed by atoms with E-state index in [1.807, 2.05) is 20.8 Å². The van der Waals surface area contributed by atoms with Crippen LogP contribution < -0.4 is 16.4 Å². The summed E-state index contributed by atoms with van der Waals surface area (Å²) in [6, 6.07) is -0.0789. The smallest absolute Gasteiger partial charge is 0.221 e. The van der Waals surface area contributed by atoms with Gasteiger partial charge in [0.25, 0.3) is 0 Å². The van der Waals surface area contributed by atoms with Crippen molar-refractivity contribution in [2.75, 3.05) is 13.1 Å². The third-order valence-electron chi connectivity index (χ3n) is 2.49. The normalized spacial score (nSPS) is 12.3. The fraction of sp³-hybridized carbons (Fsp3) is 0.846.